The first kappa shape index (κ1) is 14.6. The molecule has 1 rings (SSSR count). The zero-order chi connectivity index (χ0) is 12.3. The first-order valence-corrected chi connectivity index (χ1v) is 7.33. The molecule has 0 N–H and O–H groups in total. The topological polar surface area (TPSA) is 12.5 Å². The number of likely N-dealkylation sites (N-methyl/N-ethyl adjacent to an activating group) is 1. The van der Waals surface area contributed by atoms with Crippen molar-refractivity contribution in [3.8, 4) is 0 Å². The third-order valence-electron chi connectivity index (χ3n) is 2.62. The summed E-state index contributed by atoms with van der Waals surface area (Å²) in [5, 5.41) is 0. The van der Waals surface area contributed by atoms with E-state index in [9.17, 15) is 0 Å². The Morgan fingerprint density at radius 1 is 1.12 bits per heavy atom. The van der Waals surface area contributed by atoms with Crippen LogP contribution in [0.3, 0.4) is 0 Å². The van der Waals surface area contributed by atoms with Gasteiger partial charge in [0.2, 0.25) is 0 Å². The fourth-order valence-electron chi connectivity index (χ4n) is 1.58. The normalized spacial score (nSPS) is 11.0. The summed E-state index contributed by atoms with van der Waals surface area (Å²) >= 11 is 1.92. The van der Waals surface area contributed by atoms with E-state index in [1.54, 1.807) is 0 Å². The Morgan fingerprint density at radius 2 is 1.88 bits per heavy atom. The maximum atomic E-state index is 5.38. The minimum atomic E-state index is 0.816. The summed E-state index contributed by atoms with van der Waals surface area (Å²) in [6.45, 7) is 9.18. The highest BCUT2D eigenvalue weighted by atomic mass is 32.2. The number of hydrogen-bond donors (Lipinski definition) is 0. The molecule has 0 amide bonds. The van der Waals surface area contributed by atoms with E-state index in [1.165, 1.54) is 4.90 Å². The predicted octanol–water partition coefficient (Wildman–Crippen LogP) is 3.14. The van der Waals surface area contributed by atoms with Gasteiger partial charge in [-0.15, -0.1) is 11.8 Å². The van der Waals surface area contributed by atoms with Crippen LogP contribution in [0.2, 0.25) is 0 Å². The molecule has 17 heavy (non-hydrogen) atoms. The van der Waals surface area contributed by atoms with E-state index < -0.39 is 0 Å². The van der Waals surface area contributed by atoms with Gasteiger partial charge in [-0.1, -0.05) is 25.1 Å². The van der Waals surface area contributed by atoms with E-state index >= 15 is 0 Å². The SMILES string of the molecule is CCOCCN(CC)CCSc1ccccc1. The van der Waals surface area contributed by atoms with E-state index in [-0.39, 0.29) is 0 Å². The molecular weight excluding hydrogens is 230 g/mol. The molecule has 0 aromatic heterocycles. The van der Waals surface area contributed by atoms with Gasteiger partial charge in [0, 0.05) is 30.3 Å². The van der Waals surface area contributed by atoms with E-state index in [1.807, 2.05) is 18.7 Å². The average molecular weight is 253 g/mol. The molecule has 0 aliphatic carbocycles. The maximum Gasteiger partial charge on any atom is 0.0593 e. The van der Waals surface area contributed by atoms with Crippen LogP contribution in [-0.2, 0) is 4.74 Å². The number of ether oxygens (including phenoxy) is 1. The first-order chi connectivity index (χ1) is 8.36. The van der Waals surface area contributed by atoms with Crippen LogP contribution in [-0.4, -0.2) is 43.5 Å². The molecule has 0 aliphatic heterocycles. The molecule has 0 atom stereocenters. The van der Waals surface area contributed by atoms with E-state index in [0.29, 0.717) is 0 Å². The summed E-state index contributed by atoms with van der Waals surface area (Å²) in [6.07, 6.45) is 0. The molecular formula is C14H23NOS. The zero-order valence-corrected chi connectivity index (χ0v) is 11.7. The van der Waals surface area contributed by atoms with Gasteiger partial charge in [0.25, 0.3) is 0 Å². The molecule has 0 saturated carbocycles. The number of hydrogen-bond acceptors (Lipinski definition) is 3. The van der Waals surface area contributed by atoms with Crippen LogP contribution in [0.4, 0.5) is 0 Å². The molecule has 1 aromatic rings. The lowest BCUT2D eigenvalue weighted by Crippen LogP contribution is -2.29. The molecule has 0 spiro atoms. The average Bonchev–Trinajstić information content (AvgIpc) is 2.38. The molecule has 0 heterocycles. The number of rotatable bonds is 9. The third-order valence-corrected chi connectivity index (χ3v) is 3.61. The van der Waals surface area contributed by atoms with Crippen molar-refractivity contribution in [3.05, 3.63) is 30.3 Å². The molecule has 3 heteroatoms. The van der Waals surface area contributed by atoms with Crippen LogP contribution in [0.1, 0.15) is 13.8 Å². The third kappa shape index (κ3) is 6.71. The summed E-state index contributed by atoms with van der Waals surface area (Å²) in [5.41, 5.74) is 0. The predicted molar refractivity (Wildman–Crippen MR) is 75.8 cm³/mol. The lowest BCUT2D eigenvalue weighted by Gasteiger charge is -2.19. The lowest BCUT2D eigenvalue weighted by molar-refractivity contribution is 0.117. The number of thioether (sulfide) groups is 1. The molecule has 0 radical (unpaired) electrons. The molecule has 2 nitrogen and oxygen atoms in total. The van der Waals surface area contributed by atoms with Gasteiger partial charge in [0.15, 0.2) is 0 Å². The summed E-state index contributed by atoms with van der Waals surface area (Å²) in [5.74, 6) is 1.14. The molecule has 0 aliphatic rings. The highest BCUT2D eigenvalue weighted by Crippen LogP contribution is 2.16. The van der Waals surface area contributed by atoms with Crippen molar-refractivity contribution in [1.29, 1.82) is 0 Å². The van der Waals surface area contributed by atoms with Gasteiger partial charge in [-0.3, -0.25) is 0 Å². The van der Waals surface area contributed by atoms with Crippen molar-refractivity contribution in [3.63, 3.8) is 0 Å². The highest BCUT2D eigenvalue weighted by molar-refractivity contribution is 7.99. The van der Waals surface area contributed by atoms with Crippen LogP contribution in [0, 0.1) is 0 Å². The quantitative estimate of drug-likeness (QED) is 0.495. The molecule has 1 aromatic carbocycles. The van der Waals surface area contributed by atoms with Crippen molar-refractivity contribution in [2.45, 2.75) is 18.7 Å². The van der Waals surface area contributed by atoms with Gasteiger partial charge < -0.3 is 9.64 Å². The second-order valence-electron chi connectivity index (χ2n) is 3.79. The fourth-order valence-corrected chi connectivity index (χ4v) is 2.51. The van der Waals surface area contributed by atoms with Gasteiger partial charge in [-0.05, 0) is 25.6 Å². The first-order valence-electron chi connectivity index (χ1n) is 6.34. The Hall–Kier alpha value is -0.510. The largest absolute Gasteiger partial charge is 0.380 e. The summed E-state index contributed by atoms with van der Waals surface area (Å²) in [4.78, 5) is 3.79. The van der Waals surface area contributed by atoms with E-state index in [2.05, 4.69) is 42.2 Å². The van der Waals surface area contributed by atoms with Crippen LogP contribution in [0.5, 0.6) is 0 Å². The van der Waals surface area contributed by atoms with Crippen LogP contribution in [0.15, 0.2) is 35.2 Å². The van der Waals surface area contributed by atoms with Gasteiger partial charge in [-0.2, -0.15) is 0 Å². The van der Waals surface area contributed by atoms with Gasteiger partial charge in [-0.25, -0.2) is 0 Å². The highest BCUT2D eigenvalue weighted by Gasteiger charge is 2.02. The fraction of sp³-hybridized carbons (Fsp3) is 0.571. The number of benzene rings is 1. The second-order valence-corrected chi connectivity index (χ2v) is 4.96. The van der Waals surface area contributed by atoms with E-state index in [0.717, 1.165) is 38.6 Å². The minimum absolute atomic E-state index is 0.816. The molecule has 0 fully saturated rings. The Bertz CT molecular complexity index is 279. The van der Waals surface area contributed by atoms with Crippen molar-refractivity contribution in [1.82, 2.24) is 4.90 Å². The lowest BCUT2D eigenvalue weighted by atomic mass is 10.4. The smallest absolute Gasteiger partial charge is 0.0593 e. The van der Waals surface area contributed by atoms with Crippen molar-refractivity contribution in [2.75, 3.05) is 38.6 Å². The minimum Gasteiger partial charge on any atom is -0.380 e. The van der Waals surface area contributed by atoms with Crippen molar-refractivity contribution >= 4 is 11.8 Å². The molecule has 0 saturated heterocycles. The summed E-state index contributed by atoms with van der Waals surface area (Å²) in [7, 11) is 0. The summed E-state index contributed by atoms with van der Waals surface area (Å²) in [6, 6.07) is 10.6. The van der Waals surface area contributed by atoms with Crippen LogP contribution < -0.4 is 0 Å². The molecule has 0 bridgehead atoms. The van der Waals surface area contributed by atoms with E-state index in [4.69, 9.17) is 4.74 Å². The Balaban J connectivity index is 2.15. The molecule has 96 valence electrons. The maximum absolute atomic E-state index is 5.38. The number of nitrogens with zero attached hydrogens (tertiary/aromatic N) is 1. The monoisotopic (exact) mass is 253 g/mol. The van der Waals surface area contributed by atoms with Gasteiger partial charge >= 0.3 is 0 Å². The van der Waals surface area contributed by atoms with Gasteiger partial charge in [0.1, 0.15) is 0 Å². The Kier molecular flexibility index (Phi) is 8.14. The van der Waals surface area contributed by atoms with Crippen molar-refractivity contribution in [2.24, 2.45) is 0 Å². The van der Waals surface area contributed by atoms with Crippen molar-refractivity contribution < 1.29 is 4.74 Å². The Morgan fingerprint density at radius 3 is 2.53 bits per heavy atom. The zero-order valence-electron chi connectivity index (χ0n) is 10.9. The molecule has 0 unspecified atom stereocenters. The Labute approximate surface area is 109 Å². The van der Waals surface area contributed by atoms with Gasteiger partial charge in [0.05, 0.1) is 6.61 Å². The second kappa shape index (κ2) is 9.51. The van der Waals surface area contributed by atoms with Crippen LogP contribution >= 0.6 is 11.8 Å². The summed E-state index contributed by atoms with van der Waals surface area (Å²) < 4.78 is 5.38. The standard InChI is InChI=1S/C14H23NOS/c1-3-15(10-12-16-4-2)11-13-17-14-8-6-5-7-9-14/h5-9H,3-4,10-13H2,1-2H3. The van der Waals surface area contributed by atoms with Crippen LogP contribution in [0.25, 0.3) is 0 Å².